The molecule has 1 atom stereocenters. The van der Waals surface area contributed by atoms with Gasteiger partial charge in [-0.15, -0.1) is 10.2 Å². The smallest absolute Gasteiger partial charge is 0.235 e. The minimum Gasteiger partial charge on any atom is -0.325 e. The number of aromatic amines is 2. The quantitative estimate of drug-likeness (QED) is 0.285. The summed E-state index contributed by atoms with van der Waals surface area (Å²) in [6.45, 7) is 8.18. The lowest BCUT2D eigenvalue weighted by Crippen LogP contribution is -2.31. The third-order valence-electron chi connectivity index (χ3n) is 7.77. The van der Waals surface area contributed by atoms with Crippen LogP contribution in [-0.2, 0) is 4.79 Å². The number of benzene rings is 1. The number of H-pyrrole nitrogens is 2. The molecule has 0 aliphatic heterocycles. The van der Waals surface area contributed by atoms with E-state index in [0.717, 1.165) is 33.9 Å². The number of aromatic nitrogens is 7. The van der Waals surface area contributed by atoms with Gasteiger partial charge in [0.1, 0.15) is 17.4 Å². The SMILES string of the molecule is Cc1n[nH]c(C)c1-c1ccc(NC(=O)[C@H](c2nnc(-c3ccnn3C(C)C)[nH]2)C(C2CC2)C2CC2)cc1. The maximum atomic E-state index is 13.9. The molecule has 0 radical (unpaired) electrons. The molecule has 0 saturated heterocycles. The van der Waals surface area contributed by atoms with E-state index < -0.39 is 0 Å². The van der Waals surface area contributed by atoms with Crippen molar-refractivity contribution in [2.75, 3.05) is 5.32 Å². The summed E-state index contributed by atoms with van der Waals surface area (Å²) in [5, 5.41) is 23.9. The topological polar surface area (TPSA) is 117 Å². The second kappa shape index (κ2) is 9.28. The minimum atomic E-state index is -0.366. The Kier molecular flexibility index (Phi) is 5.93. The molecule has 2 aliphatic carbocycles. The summed E-state index contributed by atoms with van der Waals surface area (Å²) in [6, 6.07) is 10.1. The molecule has 2 saturated carbocycles. The predicted molar refractivity (Wildman–Crippen MR) is 142 cm³/mol. The number of aryl methyl sites for hydroxylation is 2. The molecule has 9 heteroatoms. The van der Waals surface area contributed by atoms with E-state index in [1.54, 1.807) is 6.20 Å². The number of carbonyl (C=O) groups excluding carboxylic acids is 1. The number of nitrogens with one attached hydrogen (secondary N) is 3. The number of hydrogen-bond acceptors (Lipinski definition) is 5. The predicted octanol–water partition coefficient (Wildman–Crippen LogP) is 5.41. The van der Waals surface area contributed by atoms with Gasteiger partial charge in [0.25, 0.3) is 0 Å². The Hall–Kier alpha value is -3.75. The van der Waals surface area contributed by atoms with Gasteiger partial charge in [-0.25, -0.2) is 0 Å². The molecule has 3 N–H and O–H groups in total. The maximum Gasteiger partial charge on any atom is 0.235 e. The third-order valence-corrected chi connectivity index (χ3v) is 7.77. The van der Waals surface area contributed by atoms with E-state index in [9.17, 15) is 4.79 Å². The molecule has 192 valence electrons. The Labute approximate surface area is 216 Å². The van der Waals surface area contributed by atoms with Crippen molar-refractivity contribution >= 4 is 11.6 Å². The zero-order valence-corrected chi connectivity index (χ0v) is 21.8. The highest BCUT2D eigenvalue weighted by atomic mass is 16.2. The van der Waals surface area contributed by atoms with Gasteiger partial charge < -0.3 is 10.3 Å². The van der Waals surface area contributed by atoms with Gasteiger partial charge in [0.2, 0.25) is 5.91 Å². The number of rotatable bonds is 9. The average Bonchev–Trinajstić information content (AvgIpc) is 3.76. The highest BCUT2D eigenvalue weighted by molar-refractivity contribution is 5.96. The normalized spacial score (nSPS) is 16.5. The molecule has 9 nitrogen and oxygen atoms in total. The highest BCUT2D eigenvalue weighted by Gasteiger charge is 2.49. The van der Waals surface area contributed by atoms with Gasteiger partial charge in [0.15, 0.2) is 5.82 Å². The molecule has 0 bridgehead atoms. The number of carbonyl (C=O) groups is 1. The molecule has 2 aliphatic rings. The number of anilines is 1. The van der Waals surface area contributed by atoms with Crippen molar-refractivity contribution in [3.63, 3.8) is 0 Å². The van der Waals surface area contributed by atoms with Crippen molar-refractivity contribution in [1.82, 2.24) is 35.2 Å². The molecule has 4 aromatic rings. The molecule has 0 unspecified atom stereocenters. The van der Waals surface area contributed by atoms with Gasteiger partial charge in [-0.2, -0.15) is 10.2 Å². The molecular formula is C28H34N8O. The molecule has 3 heterocycles. The van der Waals surface area contributed by atoms with E-state index in [4.69, 9.17) is 0 Å². The van der Waals surface area contributed by atoms with Crippen LogP contribution in [0.25, 0.3) is 22.6 Å². The monoisotopic (exact) mass is 498 g/mol. The van der Waals surface area contributed by atoms with Crippen molar-refractivity contribution in [2.45, 2.75) is 65.3 Å². The van der Waals surface area contributed by atoms with Crippen LogP contribution in [0.5, 0.6) is 0 Å². The maximum absolute atomic E-state index is 13.9. The van der Waals surface area contributed by atoms with E-state index in [1.165, 1.54) is 25.7 Å². The van der Waals surface area contributed by atoms with Crippen LogP contribution in [0.2, 0.25) is 0 Å². The van der Waals surface area contributed by atoms with E-state index in [-0.39, 0.29) is 23.8 Å². The first kappa shape index (κ1) is 23.6. The molecule has 6 rings (SSSR count). The van der Waals surface area contributed by atoms with Crippen molar-refractivity contribution in [3.05, 3.63) is 53.7 Å². The third kappa shape index (κ3) is 4.58. The minimum absolute atomic E-state index is 0.0210. The highest BCUT2D eigenvalue weighted by Crippen LogP contribution is 2.54. The van der Waals surface area contributed by atoms with Crippen LogP contribution in [0, 0.1) is 31.6 Å². The fourth-order valence-electron chi connectivity index (χ4n) is 5.73. The lowest BCUT2D eigenvalue weighted by molar-refractivity contribution is -0.119. The van der Waals surface area contributed by atoms with Crippen LogP contribution in [0.3, 0.4) is 0 Å². The van der Waals surface area contributed by atoms with Crippen LogP contribution < -0.4 is 5.32 Å². The lowest BCUT2D eigenvalue weighted by atomic mass is 9.82. The van der Waals surface area contributed by atoms with E-state index in [1.807, 2.05) is 48.9 Å². The molecule has 1 aromatic carbocycles. The second-order valence-corrected chi connectivity index (χ2v) is 10.9. The molecular weight excluding hydrogens is 464 g/mol. The van der Waals surface area contributed by atoms with Crippen LogP contribution in [-0.4, -0.2) is 41.1 Å². The lowest BCUT2D eigenvalue weighted by Gasteiger charge is -2.24. The summed E-state index contributed by atoms with van der Waals surface area (Å²) in [5.41, 5.74) is 5.84. The number of nitrogens with zero attached hydrogens (tertiary/aromatic N) is 5. The van der Waals surface area contributed by atoms with Crippen molar-refractivity contribution in [3.8, 4) is 22.6 Å². The summed E-state index contributed by atoms with van der Waals surface area (Å²) in [4.78, 5) is 17.3. The van der Waals surface area contributed by atoms with Gasteiger partial charge in [0, 0.05) is 29.2 Å². The summed E-state index contributed by atoms with van der Waals surface area (Å²) in [5.74, 6) is 2.35. The van der Waals surface area contributed by atoms with Gasteiger partial charge in [-0.05, 0) is 94.9 Å². The summed E-state index contributed by atoms with van der Waals surface area (Å²) < 4.78 is 1.92. The fourth-order valence-corrected chi connectivity index (χ4v) is 5.73. The van der Waals surface area contributed by atoms with E-state index in [0.29, 0.717) is 23.5 Å². The summed E-state index contributed by atoms with van der Waals surface area (Å²) in [7, 11) is 0. The van der Waals surface area contributed by atoms with E-state index in [2.05, 4.69) is 49.6 Å². The van der Waals surface area contributed by atoms with Gasteiger partial charge >= 0.3 is 0 Å². The van der Waals surface area contributed by atoms with E-state index >= 15 is 0 Å². The average molecular weight is 499 g/mol. The first-order valence-electron chi connectivity index (χ1n) is 13.3. The molecule has 37 heavy (non-hydrogen) atoms. The second-order valence-electron chi connectivity index (χ2n) is 10.9. The fraction of sp³-hybridized carbons (Fsp3) is 0.464. The Bertz CT molecular complexity index is 1370. The van der Waals surface area contributed by atoms with Crippen molar-refractivity contribution in [2.24, 2.45) is 17.8 Å². The Balaban J connectivity index is 1.29. The van der Waals surface area contributed by atoms with Crippen LogP contribution in [0.15, 0.2) is 36.5 Å². The van der Waals surface area contributed by atoms with Gasteiger partial charge in [-0.3, -0.25) is 14.6 Å². The van der Waals surface area contributed by atoms with Crippen LogP contribution in [0.4, 0.5) is 5.69 Å². The molecule has 2 fully saturated rings. The summed E-state index contributed by atoms with van der Waals surface area (Å²) in [6.07, 6.45) is 6.51. The Morgan fingerprint density at radius 2 is 1.73 bits per heavy atom. The number of amides is 1. The Morgan fingerprint density at radius 1 is 1.03 bits per heavy atom. The zero-order chi connectivity index (χ0) is 25.7. The van der Waals surface area contributed by atoms with Crippen LogP contribution in [0.1, 0.15) is 68.7 Å². The molecule has 3 aromatic heterocycles. The van der Waals surface area contributed by atoms with Crippen molar-refractivity contribution in [1.29, 1.82) is 0 Å². The molecule has 0 spiro atoms. The van der Waals surface area contributed by atoms with Gasteiger partial charge in [-0.1, -0.05) is 12.1 Å². The standard InChI is InChI=1S/C28H34N8O/c1-15(2)36-22(13-14-29-36)26-31-27(35-34-26)25(24(19-5-6-19)20-7-8-20)28(37)30-21-11-9-18(10-12-21)23-16(3)32-33-17(23)4/h9-15,19-20,24-25H,5-8H2,1-4H3,(H,30,37)(H,32,33)(H,31,34,35)/t25-/m0/s1. The molecule has 1 amide bonds. The number of hydrogen-bond donors (Lipinski definition) is 3. The summed E-state index contributed by atoms with van der Waals surface area (Å²) >= 11 is 0. The van der Waals surface area contributed by atoms with Gasteiger partial charge in [0.05, 0.1) is 5.69 Å². The Morgan fingerprint density at radius 3 is 2.32 bits per heavy atom. The first-order chi connectivity index (χ1) is 17.9. The van der Waals surface area contributed by atoms with Crippen molar-refractivity contribution < 1.29 is 4.79 Å². The van der Waals surface area contributed by atoms with Crippen LogP contribution >= 0.6 is 0 Å². The zero-order valence-electron chi connectivity index (χ0n) is 21.8. The largest absolute Gasteiger partial charge is 0.325 e. The first-order valence-corrected chi connectivity index (χ1v) is 13.3.